The summed E-state index contributed by atoms with van der Waals surface area (Å²) in [6, 6.07) is 0. The molecule has 8 heavy (non-hydrogen) atoms. The van der Waals surface area contributed by atoms with Gasteiger partial charge in [-0.25, -0.2) is 0 Å². The molecule has 50 valence electrons. The Kier molecular flexibility index (Phi) is 24.3. The summed E-state index contributed by atoms with van der Waals surface area (Å²) in [5.74, 6) is 0. The maximum absolute atomic E-state index is 9.11. The molecule has 0 aromatic carbocycles. The summed E-state index contributed by atoms with van der Waals surface area (Å²) in [5, 5.41) is 0. The monoisotopic (exact) mass is 190 g/mol. The molecule has 0 aliphatic carbocycles. The first kappa shape index (κ1) is 22.6. The van der Waals surface area contributed by atoms with Gasteiger partial charge in [-0.15, -0.1) is 0 Å². The zero-order valence-electron chi connectivity index (χ0n) is 5.12. The van der Waals surface area contributed by atoms with Crippen molar-refractivity contribution in [3.63, 3.8) is 0 Å². The van der Waals surface area contributed by atoms with Crippen LogP contribution < -0.4 is 29.6 Å². The van der Waals surface area contributed by atoms with Crippen molar-refractivity contribution >= 4 is 33.7 Å². The van der Waals surface area contributed by atoms with Crippen molar-refractivity contribution in [3.8, 4) is 0 Å². The fourth-order valence-corrected chi connectivity index (χ4v) is 0. The van der Waals surface area contributed by atoms with Crippen LogP contribution in [-0.4, -0.2) is 18.8 Å². The minimum Gasteiger partial charge on any atom is -1.00 e. The van der Waals surface area contributed by atoms with Crippen molar-refractivity contribution in [1.29, 1.82) is 0 Å². The van der Waals surface area contributed by atoms with Crippen LogP contribution in [0.2, 0.25) is 0 Å². The molecule has 4 nitrogen and oxygen atoms in total. The molecule has 0 fully saturated rings. The van der Waals surface area contributed by atoms with Crippen molar-refractivity contribution < 1.29 is 49.8 Å². The van der Waals surface area contributed by atoms with Gasteiger partial charge in [0, 0.05) is 11.2 Å². The Morgan fingerprint density at radius 3 is 1.50 bits per heavy atom. The Balaban J connectivity index is -0.0000000133. The molecular formula is H7NaO4S3. The van der Waals surface area contributed by atoms with Crippen molar-refractivity contribution in [1.82, 2.24) is 0 Å². The summed E-state index contributed by atoms with van der Waals surface area (Å²) in [6.45, 7) is 0. The predicted octanol–water partition coefficient (Wildman–Crippen LogP) is -3.92. The summed E-state index contributed by atoms with van der Waals surface area (Å²) in [7, 11) is -3.83. The van der Waals surface area contributed by atoms with E-state index in [0.717, 1.165) is 0 Å². The van der Waals surface area contributed by atoms with Crippen LogP contribution in [0, 0.1) is 0 Å². The Morgan fingerprint density at radius 2 is 1.50 bits per heavy atom. The number of hydrogen-bond donors (Lipinski definition) is 2. The first-order valence-electron chi connectivity index (χ1n) is 0.698. The van der Waals surface area contributed by atoms with E-state index >= 15 is 0 Å². The average Bonchev–Trinajstić information content (AvgIpc) is 0.722. The van der Waals surface area contributed by atoms with Gasteiger partial charge in [-0.05, 0) is 0 Å². The molecule has 0 saturated carbocycles. The maximum Gasteiger partial charge on any atom is 1.00 e. The minimum absolute atomic E-state index is 0. The van der Waals surface area contributed by atoms with Crippen LogP contribution >= 0.6 is 13.5 Å². The molecule has 0 rings (SSSR count). The van der Waals surface area contributed by atoms with E-state index in [1.165, 1.54) is 0 Å². The minimum atomic E-state index is -3.83. The second-order valence-corrected chi connectivity index (χ2v) is 2.65. The Hall–Kier alpha value is 1.60. The Labute approximate surface area is 82.9 Å². The van der Waals surface area contributed by atoms with E-state index in [4.69, 9.17) is 13.3 Å². The second-order valence-electron chi connectivity index (χ2n) is 0.448. The third-order valence-corrected chi connectivity index (χ3v) is 0. The third-order valence-electron chi connectivity index (χ3n) is 0. The van der Waals surface area contributed by atoms with Gasteiger partial charge >= 0.3 is 29.6 Å². The van der Waals surface area contributed by atoms with Crippen molar-refractivity contribution in [3.05, 3.63) is 0 Å². The van der Waals surface area contributed by atoms with Gasteiger partial charge in [-0.1, -0.05) is 0 Å². The molecule has 0 atom stereocenters. The molecule has 0 spiro atoms. The summed E-state index contributed by atoms with van der Waals surface area (Å²) < 4.78 is 24.0. The van der Waals surface area contributed by atoms with Gasteiger partial charge in [0.1, 0.15) is 0 Å². The van der Waals surface area contributed by atoms with Gasteiger partial charge in [-0.2, -0.15) is 17.7 Å². The molecule has 0 aromatic heterocycles. The quantitative estimate of drug-likeness (QED) is 0.382. The maximum atomic E-state index is 9.11. The van der Waals surface area contributed by atoms with Crippen LogP contribution in [0.3, 0.4) is 0 Å². The van der Waals surface area contributed by atoms with E-state index < -0.39 is 9.05 Å². The summed E-state index contributed by atoms with van der Waals surface area (Å²) in [4.78, 5) is 0. The molecule has 0 unspecified atom stereocenters. The van der Waals surface area contributed by atoms with Crippen LogP contribution in [0.5, 0.6) is 0 Å². The van der Waals surface area contributed by atoms with Crippen LogP contribution in [0.1, 0.15) is 1.43 Å². The van der Waals surface area contributed by atoms with Crippen molar-refractivity contribution in [2.45, 2.75) is 0 Å². The van der Waals surface area contributed by atoms with Crippen molar-refractivity contribution in [2.75, 3.05) is 0 Å². The van der Waals surface area contributed by atoms with Crippen LogP contribution in [-0.2, 0) is 20.2 Å². The normalized spacial score (nSPS) is 7.25. The van der Waals surface area contributed by atoms with E-state index in [1.807, 2.05) is 0 Å². The third kappa shape index (κ3) is 129. The predicted molar refractivity (Wildman–Crippen MR) is 35.9 cm³/mol. The molecular weight excluding hydrogens is 183 g/mol. The molecule has 0 heterocycles. The molecule has 4 N–H and O–H groups in total. The van der Waals surface area contributed by atoms with E-state index in [-0.39, 0.29) is 50.0 Å². The Morgan fingerprint density at radius 1 is 1.50 bits per heavy atom. The smallest absolute Gasteiger partial charge is 1.00 e. The van der Waals surface area contributed by atoms with Crippen molar-refractivity contribution in [2.24, 2.45) is 0 Å². The van der Waals surface area contributed by atoms with Gasteiger partial charge in [0.05, 0.1) is 0 Å². The van der Waals surface area contributed by atoms with E-state index in [1.54, 1.807) is 0 Å². The second kappa shape index (κ2) is 8.60. The fraction of sp³-hybridized carbons (Fsp3) is 0. The molecule has 0 saturated heterocycles. The number of rotatable bonds is 0. The number of hydrogen-bond acceptors (Lipinski definition) is 2. The van der Waals surface area contributed by atoms with Crippen LogP contribution in [0.4, 0.5) is 0 Å². The summed E-state index contributed by atoms with van der Waals surface area (Å²) >= 11 is 3.47. The molecule has 0 aromatic rings. The Bertz CT molecular complexity index is 99.0. The molecule has 0 aliphatic heterocycles. The SMILES string of the molecule is O.O=S(O)(O)=S.S.[H-].[Na+]. The van der Waals surface area contributed by atoms with E-state index in [0.29, 0.717) is 0 Å². The van der Waals surface area contributed by atoms with Gasteiger partial charge in [0.25, 0.3) is 9.05 Å². The van der Waals surface area contributed by atoms with Gasteiger partial charge in [0.15, 0.2) is 0 Å². The first-order chi connectivity index (χ1) is 2.00. The standard InChI is InChI=1S/Na.H2O3S2.H2O.H2S.H/c;1-5(2,3)4;;;/h;(H2,1,2,3,4);2*1H2;/q+1;;;;-1. The first-order valence-corrected chi connectivity index (χ1v) is 3.10. The summed E-state index contributed by atoms with van der Waals surface area (Å²) in [6.07, 6.45) is 0. The van der Waals surface area contributed by atoms with Gasteiger partial charge in [0.2, 0.25) is 0 Å². The molecule has 0 aliphatic rings. The van der Waals surface area contributed by atoms with Crippen LogP contribution in [0.15, 0.2) is 0 Å². The van der Waals surface area contributed by atoms with E-state index in [9.17, 15) is 0 Å². The molecule has 0 bridgehead atoms. The molecule has 0 amide bonds. The molecule has 8 heteroatoms. The fourth-order valence-electron chi connectivity index (χ4n) is 0. The van der Waals surface area contributed by atoms with E-state index in [2.05, 4.69) is 11.2 Å². The topological polar surface area (TPSA) is 89.0 Å². The largest absolute Gasteiger partial charge is 1.00 e. The zero-order chi connectivity index (χ0) is 4.50. The summed E-state index contributed by atoms with van der Waals surface area (Å²) in [5.41, 5.74) is 0. The average molecular weight is 190 g/mol. The zero-order valence-corrected chi connectivity index (χ0v) is 8.75. The van der Waals surface area contributed by atoms with Gasteiger partial charge < -0.3 is 6.90 Å². The van der Waals surface area contributed by atoms with Gasteiger partial charge in [-0.3, -0.25) is 9.11 Å². The van der Waals surface area contributed by atoms with Crippen LogP contribution in [0.25, 0.3) is 0 Å². The molecule has 0 radical (unpaired) electrons.